The number of hydrogen-bond acceptors (Lipinski definition) is 4. The van der Waals surface area contributed by atoms with Crippen molar-refractivity contribution < 1.29 is 19.1 Å². The van der Waals surface area contributed by atoms with Gasteiger partial charge in [-0.1, -0.05) is 23.6 Å². The smallest absolute Gasteiger partial charge is 0.161 e. The second-order valence-electron chi connectivity index (χ2n) is 4.18. The molecule has 1 aromatic carbocycles. The normalized spacial score (nSPS) is 11.1. The largest absolute Gasteiger partial charge is 0.377 e. The lowest BCUT2D eigenvalue weighted by atomic mass is 10.2. The Bertz CT molecular complexity index is 425. The van der Waals surface area contributed by atoms with Gasteiger partial charge in [0.05, 0.1) is 0 Å². The molecule has 0 atom stereocenters. The Kier molecular flexibility index (Phi) is 14.2. The molecule has 0 bridgehead atoms. The summed E-state index contributed by atoms with van der Waals surface area (Å²) in [6, 6.07) is 7.90. The van der Waals surface area contributed by atoms with E-state index >= 15 is 0 Å². The van der Waals surface area contributed by atoms with E-state index in [9.17, 15) is 4.79 Å². The van der Waals surface area contributed by atoms with E-state index in [0.29, 0.717) is 12.5 Å². The summed E-state index contributed by atoms with van der Waals surface area (Å²) in [5.41, 5.74) is 2.19. The monoisotopic (exact) mass is 290 g/mol. The molecule has 0 heterocycles. The number of methoxy groups -OCH3 is 1. The fraction of sp³-hybridized carbons (Fsp3) is 0.353. The quantitative estimate of drug-likeness (QED) is 0.801. The fourth-order valence-corrected chi connectivity index (χ4v) is 1.32. The average Bonchev–Trinajstić information content (AvgIpc) is 3.38. The molecule has 1 aliphatic rings. The highest BCUT2D eigenvalue weighted by Gasteiger charge is 2.28. The molecule has 1 aliphatic carbocycles. The van der Waals surface area contributed by atoms with Gasteiger partial charge in [-0.15, -0.1) is 6.42 Å². The molecule has 4 nitrogen and oxygen atoms in total. The van der Waals surface area contributed by atoms with E-state index in [4.69, 9.17) is 16.0 Å². The highest BCUT2D eigenvalue weighted by atomic mass is 16.5. The van der Waals surface area contributed by atoms with Gasteiger partial charge in [0.1, 0.15) is 20.2 Å². The van der Waals surface area contributed by atoms with Crippen LogP contribution in [0.4, 0.5) is 0 Å². The number of terminal acetylenes is 1. The molecular formula is C17H22O4. The fourth-order valence-electron chi connectivity index (χ4n) is 1.32. The van der Waals surface area contributed by atoms with Crippen LogP contribution in [-0.4, -0.2) is 33.1 Å². The summed E-state index contributed by atoms with van der Waals surface area (Å²) in [6.07, 6.45) is 7.32. The van der Waals surface area contributed by atoms with Gasteiger partial charge in [0.2, 0.25) is 0 Å². The van der Waals surface area contributed by atoms with Gasteiger partial charge in [-0.25, -0.2) is 0 Å². The number of carbonyl (C=O) groups is 3. The van der Waals surface area contributed by atoms with Gasteiger partial charge in [0.15, 0.2) is 5.78 Å². The molecular weight excluding hydrogens is 268 g/mol. The second kappa shape index (κ2) is 14.2. The van der Waals surface area contributed by atoms with Crippen molar-refractivity contribution in [2.24, 2.45) is 5.92 Å². The third kappa shape index (κ3) is 11.3. The molecule has 0 spiro atoms. The highest BCUT2D eigenvalue weighted by Crippen LogP contribution is 2.29. The molecule has 114 valence electrons. The van der Waals surface area contributed by atoms with Crippen LogP contribution in [0.2, 0.25) is 0 Å². The molecule has 1 saturated carbocycles. The first-order valence-electron chi connectivity index (χ1n) is 6.30. The molecule has 21 heavy (non-hydrogen) atoms. The van der Waals surface area contributed by atoms with Gasteiger partial charge >= 0.3 is 0 Å². The van der Waals surface area contributed by atoms with Gasteiger partial charge in [0, 0.05) is 18.6 Å². The zero-order valence-electron chi connectivity index (χ0n) is 12.6. The summed E-state index contributed by atoms with van der Waals surface area (Å²) in [7, 11) is 1.56. The molecule has 1 fully saturated rings. The van der Waals surface area contributed by atoms with Gasteiger partial charge in [-0.2, -0.15) is 0 Å². The Labute approximate surface area is 126 Å². The average molecular weight is 290 g/mol. The third-order valence-electron chi connectivity index (χ3n) is 2.54. The molecule has 0 saturated heterocycles. The molecule has 1 aromatic rings. The Balaban J connectivity index is 0. The van der Waals surface area contributed by atoms with E-state index in [1.807, 2.05) is 44.8 Å². The lowest BCUT2D eigenvalue weighted by Crippen LogP contribution is -2.07. The van der Waals surface area contributed by atoms with Gasteiger partial charge in [0.25, 0.3) is 0 Å². The number of benzene rings is 1. The van der Waals surface area contributed by atoms with Crippen LogP contribution in [0, 0.1) is 25.2 Å². The predicted octanol–water partition coefficient (Wildman–Crippen LogP) is 2.22. The van der Waals surface area contributed by atoms with Gasteiger partial charge in [-0.05, 0) is 31.9 Å². The van der Waals surface area contributed by atoms with Crippen LogP contribution >= 0.6 is 0 Å². The van der Waals surface area contributed by atoms with E-state index in [1.165, 1.54) is 5.56 Å². The van der Waals surface area contributed by atoms with Crippen LogP contribution in [-0.2, 0) is 19.1 Å². The zero-order valence-corrected chi connectivity index (χ0v) is 12.6. The van der Waals surface area contributed by atoms with Crippen LogP contribution in [0.5, 0.6) is 0 Å². The van der Waals surface area contributed by atoms with E-state index in [0.717, 1.165) is 18.4 Å². The molecule has 0 unspecified atom stereocenters. The minimum Gasteiger partial charge on any atom is -0.377 e. The van der Waals surface area contributed by atoms with Gasteiger partial charge < -0.3 is 14.3 Å². The number of rotatable bonds is 3. The lowest BCUT2D eigenvalue weighted by molar-refractivity contribution is -0.123. The van der Waals surface area contributed by atoms with Crippen LogP contribution in [0.15, 0.2) is 24.3 Å². The first-order valence-corrected chi connectivity index (χ1v) is 6.30. The number of carbonyl (C=O) groups excluding carboxylic acids is 3. The summed E-state index contributed by atoms with van der Waals surface area (Å²) < 4.78 is 4.66. The summed E-state index contributed by atoms with van der Waals surface area (Å²) >= 11 is 0. The van der Waals surface area contributed by atoms with Crippen molar-refractivity contribution in [3.8, 4) is 12.3 Å². The maximum atomic E-state index is 10.7. The number of Topliss-reactive ketones (excluding diaryl/α,β-unsaturated/α-hetero) is 1. The van der Waals surface area contributed by atoms with E-state index in [-0.39, 0.29) is 5.78 Å². The van der Waals surface area contributed by atoms with Crippen molar-refractivity contribution in [2.75, 3.05) is 13.7 Å². The first kappa shape index (κ1) is 21.1. The Morgan fingerprint density at radius 1 is 1.24 bits per heavy atom. The van der Waals surface area contributed by atoms with Crippen molar-refractivity contribution in [3.63, 3.8) is 0 Å². The Morgan fingerprint density at radius 2 is 1.71 bits per heavy atom. The standard InChI is InChI=1S/C9H8.C6H10O2.2CH2O/c1-3-9-6-4-8(2)5-7-9;1-8-4-6(7)5-2-3-5;2*1-2/h1,4-7H,2H3;5H,2-4H2,1H3;2*1H2. The molecule has 0 aromatic heterocycles. The molecule has 0 aliphatic heterocycles. The number of ketones is 1. The lowest BCUT2D eigenvalue weighted by Gasteiger charge is -1.91. The van der Waals surface area contributed by atoms with E-state index < -0.39 is 0 Å². The highest BCUT2D eigenvalue weighted by molar-refractivity contribution is 5.84. The maximum Gasteiger partial charge on any atom is 0.161 e. The molecule has 2 rings (SSSR count). The summed E-state index contributed by atoms with van der Waals surface area (Å²) in [5.74, 6) is 3.18. The SMILES string of the molecule is C#Cc1ccc(C)cc1.C=O.C=O.COCC(=O)C1CC1. The number of hydrogen-bond donors (Lipinski definition) is 0. The number of ether oxygens (including phenoxy) is 1. The minimum absolute atomic E-state index is 0.271. The van der Waals surface area contributed by atoms with E-state index in [2.05, 4.69) is 10.7 Å². The number of aryl methyl sites for hydroxylation is 1. The molecule has 4 heteroatoms. The molecule has 0 amide bonds. The van der Waals surface area contributed by atoms with Crippen LogP contribution in [0.25, 0.3) is 0 Å². The molecule has 0 radical (unpaired) electrons. The zero-order chi connectivity index (χ0) is 16.7. The minimum atomic E-state index is 0.271. The third-order valence-corrected chi connectivity index (χ3v) is 2.54. The van der Waals surface area contributed by atoms with Crippen molar-refractivity contribution in [3.05, 3.63) is 35.4 Å². The van der Waals surface area contributed by atoms with E-state index in [1.54, 1.807) is 7.11 Å². The summed E-state index contributed by atoms with van der Waals surface area (Å²) in [5, 5.41) is 0. The summed E-state index contributed by atoms with van der Waals surface area (Å²) in [6.45, 7) is 6.35. The first-order chi connectivity index (χ1) is 10.2. The van der Waals surface area contributed by atoms with Crippen molar-refractivity contribution >= 4 is 19.4 Å². The van der Waals surface area contributed by atoms with Crippen LogP contribution in [0.3, 0.4) is 0 Å². The van der Waals surface area contributed by atoms with Crippen molar-refractivity contribution in [2.45, 2.75) is 19.8 Å². The maximum absolute atomic E-state index is 10.7. The molecule has 0 N–H and O–H groups in total. The van der Waals surface area contributed by atoms with Crippen LogP contribution in [0.1, 0.15) is 24.0 Å². The van der Waals surface area contributed by atoms with Crippen molar-refractivity contribution in [1.82, 2.24) is 0 Å². The summed E-state index contributed by atoms with van der Waals surface area (Å²) in [4.78, 5) is 26.7. The Hall–Kier alpha value is -2.25. The predicted molar refractivity (Wildman–Crippen MR) is 83.0 cm³/mol. The second-order valence-corrected chi connectivity index (χ2v) is 4.18. The van der Waals surface area contributed by atoms with Crippen molar-refractivity contribution in [1.29, 1.82) is 0 Å². The van der Waals surface area contributed by atoms with Crippen LogP contribution < -0.4 is 0 Å². The van der Waals surface area contributed by atoms with Gasteiger partial charge in [-0.3, -0.25) is 4.79 Å². The Morgan fingerprint density at radius 3 is 2.05 bits per heavy atom. The topological polar surface area (TPSA) is 60.4 Å².